The van der Waals surface area contributed by atoms with Gasteiger partial charge in [-0.15, -0.1) is 11.3 Å². The van der Waals surface area contributed by atoms with Crippen molar-refractivity contribution in [1.82, 2.24) is 4.98 Å². The van der Waals surface area contributed by atoms with Crippen molar-refractivity contribution in [3.05, 3.63) is 63.5 Å². The minimum atomic E-state index is -1.10. The Kier molecular flexibility index (Phi) is 8.14. The summed E-state index contributed by atoms with van der Waals surface area (Å²) < 4.78 is 16.3. The molecular weight excluding hydrogens is 462 g/mol. The van der Waals surface area contributed by atoms with Gasteiger partial charge in [0.05, 0.1) is 29.4 Å². The summed E-state index contributed by atoms with van der Waals surface area (Å²) in [6.45, 7) is 5.94. The summed E-state index contributed by atoms with van der Waals surface area (Å²) >= 11 is 1.15. The number of amides is 1. The molecule has 0 saturated carbocycles. The van der Waals surface area contributed by atoms with Gasteiger partial charge in [0.1, 0.15) is 0 Å². The Bertz CT molecular complexity index is 1190. The highest BCUT2D eigenvalue weighted by Crippen LogP contribution is 2.29. The van der Waals surface area contributed by atoms with Gasteiger partial charge in [-0.05, 0) is 39.0 Å². The van der Waals surface area contributed by atoms with Crippen LogP contribution in [0, 0.1) is 10.1 Å². The third-order valence-electron chi connectivity index (χ3n) is 4.52. The van der Waals surface area contributed by atoms with Crippen LogP contribution in [-0.2, 0) is 9.53 Å². The summed E-state index contributed by atoms with van der Waals surface area (Å²) in [6, 6.07) is 10.7. The molecule has 34 heavy (non-hydrogen) atoms. The van der Waals surface area contributed by atoms with Crippen LogP contribution in [0.3, 0.4) is 0 Å². The Morgan fingerprint density at radius 3 is 2.56 bits per heavy atom. The highest BCUT2D eigenvalue weighted by atomic mass is 32.1. The van der Waals surface area contributed by atoms with E-state index in [2.05, 4.69) is 10.3 Å². The lowest BCUT2D eigenvalue weighted by molar-refractivity contribution is -0.384. The number of carbonyl (C=O) groups excluding carboxylic acids is 2. The van der Waals surface area contributed by atoms with Crippen LogP contribution in [0.15, 0.2) is 47.8 Å². The molecule has 11 heteroatoms. The molecule has 3 rings (SSSR count). The van der Waals surface area contributed by atoms with Crippen molar-refractivity contribution in [1.29, 1.82) is 0 Å². The second-order valence-electron chi connectivity index (χ2n) is 6.91. The minimum absolute atomic E-state index is 0.0570. The van der Waals surface area contributed by atoms with Crippen molar-refractivity contribution in [2.75, 3.05) is 18.5 Å². The van der Waals surface area contributed by atoms with Gasteiger partial charge in [-0.3, -0.25) is 20.2 Å². The normalized spacial score (nSPS) is 11.4. The fraction of sp³-hybridized carbons (Fsp3) is 0.261. The first kappa shape index (κ1) is 24.6. The van der Waals surface area contributed by atoms with E-state index in [1.165, 1.54) is 31.2 Å². The van der Waals surface area contributed by atoms with Crippen LogP contribution in [0.1, 0.15) is 31.1 Å². The molecule has 0 aliphatic heterocycles. The molecule has 0 bridgehead atoms. The van der Waals surface area contributed by atoms with E-state index in [0.717, 1.165) is 11.3 Å². The van der Waals surface area contributed by atoms with E-state index in [1.807, 2.05) is 13.8 Å². The second kappa shape index (κ2) is 11.2. The standard InChI is InChI=1S/C23H23N3O7S/c1-4-31-19-10-9-16(12-20(19)32-5-2)22(28)33-14(3)21(27)25-23-24-18(13-34-23)15-7-6-8-17(11-15)26(29)30/h6-14H,4-5H2,1-3H3,(H,24,25,27). The number of benzene rings is 2. The molecule has 1 aromatic heterocycles. The zero-order valence-corrected chi connectivity index (χ0v) is 19.6. The number of hydrogen-bond acceptors (Lipinski definition) is 9. The highest BCUT2D eigenvalue weighted by molar-refractivity contribution is 7.14. The van der Waals surface area contributed by atoms with Gasteiger partial charge < -0.3 is 14.2 Å². The molecule has 2 aromatic carbocycles. The molecule has 1 N–H and O–H groups in total. The summed E-state index contributed by atoms with van der Waals surface area (Å²) in [5, 5.41) is 15.5. The van der Waals surface area contributed by atoms with Gasteiger partial charge in [0.25, 0.3) is 11.6 Å². The fourth-order valence-electron chi connectivity index (χ4n) is 2.91. The first-order chi connectivity index (χ1) is 16.3. The predicted molar refractivity (Wildman–Crippen MR) is 126 cm³/mol. The first-order valence-corrected chi connectivity index (χ1v) is 11.3. The number of anilines is 1. The molecule has 0 fully saturated rings. The smallest absolute Gasteiger partial charge is 0.339 e. The van der Waals surface area contributed by atoms with E-state index in [9.17, 15) is 19.7 Å². The number of carbonyl (C=O) groups is 2. The summed E-state index contributed by atoms with van der Waals surface area (Å²) in [4.78, 5) is 39.8. The monoisotopic (exact) mass is 485 g/mol. The summed E-state index contributed by atoms with van der Waals surface area (Å²) in [5.41, 5.74) is 1.18. The van der Waals surface area contributed by atoms with Crippen molar-refractivity contribution in [2.24, 2.45) is 0 Å². The Morgan fingerprint density at radius 2 is 1.85 bits per heavy atom. The quantitative estimate of drug-likeness (QED) is 0.248. The van der Waals surface area contributed by atoms with Crippen molar-refractivity contribution < 1.29 is 28.7 Å². The molecular formula is C23H23N3O7S. The van der Waals surface area contributed by atoms with Gasteiger partial charge in [-0.1, -0.05) is 12.1 Å². The van der Waals surface area contributed by atoms with Crippen molar-refractivity contribution in [2.45, 2.75) is 26.9 Å². The number of nitro groups is 1. The maximum Gasteiger partial charge on any atom is 0.339 e. The molecule has 1 atom stereocenters. The van der Waals surface area contributed by atoms with Gasteiger partial charge in [-0.25, -0.2) is 9.78 Å². The molecule has 0 aliphatic carbocycles. The van der Waals surface area contributed by atoms with E-state index in [1.54, 1.807) is 23.6 Å². The second-order valence-corrected chi connectivity index (χ2v) is 7.77. The topological polar surface area (TPSA) is 130 Å². The molecule has 1 heterocycles. The summed E-state index contributed by atoms with van der Waals surface area (Å²) in [6.07, 6.45) is -1.10. The van der Waals surface area contributed by atoms with Gasteiger partial charge in [-0.2, -0.15) is 0 Å². The lowest BCUT2D eigenvalue weighted by Crippen LogP contribution is -2.30. The number of non-ortho nitro benzene ring substituents is 1. The SMILES string of the molecule is CCOc1ccc(C(=O)OC(C)C(=O)Nc2nc(-c3cccc([N+](=O)[O-])c3)cs2)cc1OCC. The Hall–Kier alpha value is -3.99. The van der Waals surface area contributed by atoms with E-state index < -0.39 is 22.9 Å². The average molecular weight is 486 g/mol. The molecule has 178 valence electrons. The average Bonchev–Trinajstić information content (AvgIpc) is 3.29. The number of nitrogens with zero attached hydrogens (tertiary/aromatic N) is 2. The zero-order valence-electron chi connectivity index (χ0n) is 18.8. The third kappa shape index (κ3) is 6.07. The van der Waals surface area contributed by atoms with Gasteiger partial charge in [0.15, 0.2) is 22.7 Å². The van der Waals surface area contributed by atoms with Gasteiger partial charge in [0.2, 0.25) is 0 Å². The molecule has 0 radical (unpaired) electrons. The number of hydrogen-bond donors (Lipinski definition) is 1. The van der Waals surface area contributed by atoms with E-state index in [0.29, 0.717) is 36.0 Å². The summed E-state index contributed by atoms with van der Waals surface area (Å²) in [7, 11) is 0. The van der Waals surface area contributed by atoms with Crippen LogP contribution in [0.4, 0.5) is 10.8 Å². The number of nitro benzene ring substituents is 1. The first-order valence-electron chi connectivity index (χ1n) is 10.4. The number of rotatable bonds is 10. The number of ether oxygens (including phenoxy) is 3. The van der Waals surface area contributed by atoms with Crippen molar-refractivity contribution >= 4 is 34.0 Å². The van der Waals surface area contributed by atoms with Crippen molar-refractivity contribution in [3.8, 4) is 22.8 Å². The van der Waals surface area contributed by atoms with Crippen LogP contribution in [0.25, 0.3) is 11.3 Å². The van der Waals surface area contributed by atoms with Crippen LogP contribution in [-0.4, -0.2) is 41.1 Å². The van der Waals surface area contributed by atoms with Gasteiger partial charge >= 0.3 is 5.97 Å². The number of thiazole rings is 1. The van der Waals surface area contributed by atoms with Crippen molar-refractivity contribution in [3.63, 3.8) is 0 Å². The molecule has 10 nitrogen and oxygen atoms in total. The molecule has 0 saturated heterocycles. The third-order valence-corrected chi connectivity index (χ3v) is 5.28. The molecule has 0 spiro atoms. The van der Waals surface area contributed by atoms with E-state index in [-0.39, 0.29) is 16.4 Å². The maximum absolute atomic E-state index is 12.5. The number of nitrogens with one attached hydrogen (secondary N) is 1. The predicted octanol–water partition coefficient (Wildman–Crippen LogP) is 4.70. The Morgan fingerprint density at radius 1 is 1.12 bits per heavy atom. The summed E-state index contributed by atoms with van der Waals surface area (Å²) in [5.74, 6) is -0.338. The van der Waals surface area contributed by atoms with Crippen LogP contribution in [0.2, 0.25) is 0 Å². The maximum atomic E-state index is 12.5. The zero-order chi connectivity index (χ0) is 24.7. The number of aromatic nitrogens is 1. The Labute approximate surface area is 199 Å². The minimum Gasteiger partial charge on any atom is -0.490 e. The molecule has 1 unspecified atom stereocenters. The van der Waals surface area contributed by atoms with Gasteiger partial charge in [0, 0.05) is 23.1 Å². The molecule has 3 aromatic rings. The lowest BCUT2D eigenvalue weighted by atomic mass is 10.1. The fourth-order valence-corrected chi connectivity index (χ4v) is 3.63. The van der Waals surface area contributed by atoms with Crippen LogP contribution < -0.4 is 14.8 Å². The molecule has 0 aliphatic rings. The highest BCUT2D eigenvalue weighted by Gasteiger charge is 2.21. The Balaban J connectivity index is 1.64. The number of esters is 1. The van der Waals surface area contributed by atoms with Crippen LogP contribution in [0.5, 0.6) is 11.5 Å². The van der Waals surface area contributed by atoms with Crippen LogP contribution >= 0.6 is 11.3 Å². The largest absolute Gasteiger partial charge is 0.490 e. The van der Waals surface area contributed by atoms with E-state index in [4.69, 9.17) is 14.2 Å². The lowest BCUT2D eigenvalue weighted by Gasteiger charge is -2.14. The molecule has 1 amide bonds. The van der Waals surface area contributed by atoms with E-state index >= 15 is 0 Å².